The number of hydrogen-bond donors (Lipinski definition) is 2. The summed E-state index contributed by atoms with van der Waals surface area (Å²) >= 11 is 11.7. The maximum atomic E-state index is 12.1. The third kappa shape index (κ3) is 5.54. The third-order valence-electron chi connectivity index (χ3n) is 3.61. The van der Waals surface area contributed by atoms with Crippen molar-refractivity contribution in [3.05, 3.63) is 69.7 Å². The second-order valence-corrected chi connectivity index (χ2v) is 6.61. The van der Waals surface area contributed by atoms with Gasteiger partial charge < -0.3 is 10.4 Å². The molecule has 1 unspecified atom stereocenters. The van der Waals surface area contributed by atoms with Gasteiger partial charge in [-0.05, 0) is 43.5 Å². The largest absolute Gasteiger partial charge is 0.388 e. The number of carbonyl (C=O) groups excluding carboxylic acids is 1. The molecule has 2 aromatic rings. The first kappa shape index (κ1) is 17.8. The van der Waals surface area contributed by atoms with E-state index in [0.717, 1.165) is 12.0 Å². The zero-order chi connectivity index (χ0) is 16.9. The van der Waals surface area contributed by atoms with E-state index in [1.807, 2.05) is 30.3 Å². The number of halogens is 2. The lowest BCUT2D eigenvalue weighted by Crippen LogP contribution is -2.41. The molecule has 0 heterocycles. The first-order chi connectivity index (χ1) is 10.9. The second kappa shape index (κ2) is 7.82. The summed E-state index contributed by atoms with van der Waals surface area (Å²) in [5, 5.41) is 13.9. The SMILES string of the molecule is CC(O)(CCc1ccccc1)CNC(=O)c1ccc(Cl)c(Cl)c1. The molecule has 2 aromatic carbocycles. The van der Waals surface area contributed by atoms with Crippen LogP contribution < -0.4 is 5.32 Å². The smallest absolute Gasteiger partial charge is 0.251 e. The number of amides is 1. The van der Waals surface area contributed by atoms with Crippen molar-refractivity contribution >= 4 is 29.1 Å². The molecule has 2 rings (SSSR count). The Balaban J connectivity index is 1.87. The predicted octanol–water partition coefficient (Wildman–Crippen LogP) is 4.11. The molecule has 0 saturated heterocycles. The maximum Gasteiger partial charge on any atom is 0.251 e. The molecule has 1 atom stereocenters. The van der Waals surface area contributed by atoms with Crippen LogP contribution in [0.2, 0.25) is 10.0 Å². The fourth-order valence-corrected chi connectivity index (χ4v) is 2.45. The average Bonchev–Trinajstić information content (AvgIpc) is 2.54. The van der Waals surface area contributed by atoms with Crippen LogP contribution in [0.15, 0.2) is 48.5 Å². The zero-order valence-electron chi connectivity index (χ0n) is 12.9. The Morgan fingerprint density at radius 2 is 1.83 bits per heavy atom. The number of aryl methyl sites for hydroxylation is 1. The Bertz CT molecular complexity index is 672. The van der Waals surface area contributed by atoms with Crippen LogP contribution >= 0.6 is 23.2 Å². The van der Waals surface area contributed by atoms with Crippen molar-refractivity contribution in [2.45, 2.75) is 25.4 Å². The van der Waals surface area contributed by atoms with Crippen LogP contribution in [-0.4, -0.2) is 23.2 Å². The highest BCUT2D eigenvalue weighted by molar-refractivity contribution is 6.42. The molecule has 23 heavy (non-hydrogen) atoms. The number of rotatable bonds is 6. The van der Waals surface area contributed by atoms with Crippen LogP contribution in [0.5, 0.6) is 0 Å². The minimum Gasteiger partial charge on any atom is -0.388 e. The van der Waals surface area contributed by atoms with E-state index in [1.54, 1.807) is 19.1 Å². The summed E-state index contributed by atoms with van der Waals surface area (Å²) in [5.41, 5.74) is 0.587. The standard InChI is InChI=1S/C18H19Cl2NO2/c1-18(23,10-9-13-5-3-2-4-6-13)12-21-17(22)14-7-8-15(19)16(20)11-14/h2-8,11,23H,9-10,12H2,1H3,(H,21,22). The lowest BCUT2D eigenvalue weighted by Gasteiger charge is -2.23. The van der Waals surface area contributed by atoms with Gasteiger partial charge in [-0.3, -0.25) is 4.79 Å². The second-order valence-electron chi connectivity index (χ2n) is 5.79. The number of aliphatic hydroxyl groups is 1. The van der Waals surface area contributed by atoms with Gasteiger partial charge in [-0.15, -0.1) is 0 Å². The molecule has 122 valence electrons. The summed E-state index contributed by atoms with van der Waals surface area (Å²) in [6, 6.07) is 14.6. The highest BCUT2D eigenvalue weighted by Gasteiger charge is 2.21. The Kier molecular flexibility index (Phi) is 6.05. The molecule has 0 aliphatic heterocycles. The van der Waals surface area contributed by atoms with E-state index in [0.29, 0.717) is 22.0 Å². The number of benzene rings is 2. The van der Waals surface area contributed by atoms with Crippen LogP contribution in [-0.2, 0) is 6.42 Å². The summed E-state index contributed by atoms with van der Waals surface area (Å²) in [6.45, 7) is 1.88. The van der Waals surface area contributed by atoms with E-state index in [1.165, 1.54) is 6.07 Å². The molecule has 0 aliphatic carbocycles. The van der Waals surface area contributed by atoms with Gasteiger partial charge in [0.25, 0.3) is 5.91 Å². The van der Waals surface area contributed by atoms with Gasteiger partial charge in [0.15, 0.2) is 0 Å². The molecule has 1 amide bonds. The molecular formula is C18H19Cl2NO2. The minimum atomic E-state index is -0.984. The molecule has 0 bridgehead atoms. The summed E-state index contributed by atoms with van der Waals surface area (Å²) in [6.07, 6.45) is 1.30. The van der Waals surface area contributed by atoms with Crippen molar-refractivity contribution < 1.29 is 9.90 Å². The van der Waals surface area contributed by atoms with E-state index in [9.17, 15) is 9.90 Å². The lowest BCUT2D eigenvalue weighted by molar-refractivity contribution is 0.0478. The van der Waals surface area contributed by atoms with Crippen LogP contribution in [0.4, 0.5) is 0 Å². The van der Waals surface area contributed by atoms with E-state index in [2.05, 4.69) is 5.32 Å². The van der Waals surface area contributed by atoms with Gasteiger partial charge in [-0.25, -0.2) is 0 Å². The topological polar surface area (TPSA) is 49.3 Å². The number of carbonyl (C=O) groups is 1. The van der Waals surface area contributed by atoms with Crippen molar-refractivity contribution in [2.75, 3.05) is 6.54 Å². The fraction of sp³-hybridized carbons (Fsp3) is 0.278. The van der Waals surface area contributed by atoms with Gasteiger partial charge in [0.05, 0.1) is 15.6 Å². The molecule has 0 radical (unpaired) electrons. The van der Waals surface area contributed by atoms with Crippen molar-refractivity contribution in [3.8, 4) is 0 Å². The summed E-state index contributed by atoms with van der Waals surface area (Å²) in [5.74, 6) is -0.288. The number of hydrogen-bond acceptors (Lipinski definition) is 2. The first-order valence-corrected chi connectivity index (χ1v) is 8.12. The monoisotopic (exact) mass is 351 g/mol. The number of nitrogens with one attached hydrogen (secondary N) is 1. The normalized spacial score (nSPS) is 13.4. The molecular weight excluding hydrogens is 333 g/mol. The summed E-state index contributed by atoms with van der Waals surface area (Å²) < 4.78 is 0. The van der Waals surface area contributed by atoms with Crippen LogP contribution in [0.1, 0.15) is 29.3 Å². The van der Waals surface area contributed by atoms with Crippen LogP contribution in [0.3, 0.4) is 0 Å². The Morgan fingerprint density at radius 3 is 2.48 bits per heavy atom. The van der Waals surface area contributed by atoms with Gasteiger partial charge >= 0.3 is 0 Å². The predicted molar refractivity (Wildman–Crippen MR) is 94.2 cm³/mol. The molecule has 0 aliphatic rings. The first-order valence-electron chi connectivity index (χ1n) is 7.37. The third-order valence-corrected chi connectivity index (χ3v) is 4.35. The molecule has 0 fully saturated rings. The Labute approximate surface area is 146 Å². The van der Waals surface area contributed by atoms with Crippen LogP contribution in [0, 0.1) is 0 Å². The average molecular weight is 352 g/mol. The van der Waals surface area contributed by atoms with E-state index in [4.69, 9.17) is 23.2 Å². The van der Waals surface area contributed by atoms with Gasteiger partial charge in [-0.2, -0.15) is 0 Å². The highest BCUT2D eigenvalue weighted by Crippen LogP contribution is 2.22. The van der Waals surface area contributed by atoms with Crippen LogP contribution in [0.25, 0.3) is 0 Å². The van der Waals surface area contributed by atoms with Crippen molar-refractivity contribution in [1.29, 1.82) is 0 Å². The molecule has 0 saturated carbocycles. The summed E-state index contributed by atoms with van der Waals surface area (Å²) in [7, 11) is 0. The van der Waals surface area contributed by atoms with Gasteiger partial charge in [0, 0.05) is 12.1 Å². The Hall–Kier alpha value is -1.55. The Morgan fingerprint density at radius 1 is 1.13 bits per heavy atom. The molecule has 0 aromatic heterocycles. The van der Waals surface area contributed by atoms with Crippen molar-refractivity contribution in [3.63, 3.8) is 0 Å². The maximum absolute atomic E-state index is 12.1. The van der Waals surface area contributed by atoms with Gasteiger partial charge in [0.2, 0.25) is 0 Å². The molecule has 3 nitrogen and oxygen atoms in total. The zero-order valence-corrected chi connectivity index (χ0v) is 14.4. The van der Waals surface area contributed by atoms with Crippen molar-refractivity contribution in [1.82, 2.24) is 5.32 Å². The quantitative estimate of drug-likeness (QED) is 0.822. The fourth-order valence-electron chi connectivity index (χ4n) is 2.16. The minimum absolute atomic E-state index is 0.166. The molecule has 2 N–H and O–H groups in total. The highest BCUT2D eigenvalue weighted by atomic mass is 35.5. The summed E-state index contributed by atoms with van der Waals surface area (Å²) in [4.78, 5) is 12.1. The van der Waals surface area contributed by atoms with E-state index < -0.39 is 5.60 Å². The van der Waals surface area contributed by atoms with Gasteiger partial charge in [-0.1, -0.05) is 53.5 Å². The molecule has 0 spiro atoms. The van der Waals surface area contributed by atoms with Gasteiger partial charge in [0.1, 0.15) is 0 Å². The lowest BCUT2D eigenvalue weighted by atomic mass is 9.96. The molecule has 5 heteroatoms. The van der Waals surface area contributed by atoms with Crippen molar-refractivity contribution in [2.24, 2.45) is 0 Å². The van der Waals surface area contributed by atoms with E-state index in [-0.39, 0.29) is 12.5 Å². The van der Waals surface area contributed by atoms with E-state index >= 15 is 0 Å².